The van der Waals surface area contributed by atoms with Crippen LogP contribution in [0.5, 0.6) is 11.5 Å². The van der Waals surface area contributed by atoms with Gasteiger partial charge in [-0.05, 0) is 42.0 Å². The van der Waals surface area contributed by atoms with E-state index >= 15 is 0 Å². The minimum Gasteiger partial charge on any atom is -0.497 e. The molecular weight excluding hydrogens is 320 g/mol. The largest absolute Gasteiger partial charge is 0.497 e. The Morgan fingerprint density at radius 1 is 1.00 bits per heavy atom. The molecule has 0 unspecified atom stereocenters. The average molecular weight is 344 g/mol. The van der Waals surface area contributed by atoms with E-state index in [9.17, 15) is 4.79 Å². The van der Waals surface area contributed by atoms with Gasteiger partial charge in [0.15, 0.2) is 5.78 Å². The van der Waals surface area contributed by atoms with Crippen LogP contribution in [0.3, 0.4) is 0 Å². The van der Waals surface area contributed by atoms with Crippen LogP contribution < -0.4 is 9.47 Å². The van der Waals surface area contributed by atoms with Crippen molar-refractivity contribution in [2.75, 3.05) is 25.7 Å². The summed E-state index contributed by atoms with van der Waals surface area (Å²) in [6.45, 7) is 2.20. The van der Waals surface area contributed by atoms with Gasteiger partial charge in [0.2, 0.25) is 0 Å². The Morgan fingerprint density at radius 3 is 2.38 bits per heavy atom. The van der Waals surface area contributed by atoms with E-state index in [-0.39, 0.29) is 5.78 Å². The fraction of sp³-hybridized carbons (Fsp3) is 0.350. The second kappa shape index (κ2) is 9.38. The molecule has 2 rings (SSSR count). The van der Waals surface area contributed by atoms with E-state index in [1.54, 1.807) is 32.4 Å². The zero-order valence-corrected chi connectivity index (χ0v) is 15.3. The molecule has 128 valence electrons. The molecule has 3 nitrogen and oxygen atoms in total. The molecule has 0 atom stereocenters. The number of benzene rings is 2. The third kappa shape index (κ3) is 4.78. The summed E-state index contributed by atoms with van der Waals surface area (Å²) in [7, 11) is 3.15. The highest BCUT2D eigenvalue weighted by atomic mass is 32.2. The normalized spacial score (nSPS) is 10.5. The maximum Gasteiger partial charge on any atom is 0.196 e. The number of hydrogen-bond donors (Lipinski definition) is 0. The second-order valence-electron chi connectivity index (χ2n) is 5.45. The van der Waals surface area contributed by atoms with Crippen molar-refractivity contribution in [3.05, 3.63) is 59.2 Å². The molecule has 0 aliphatic rings. The Labute approximate surface area is 148 Å². The van der Waals surface area contributed by atoms with E-state index in [2.05, 4.69) is 6.92 Å². The summed E-state index contributed by atoms with van der Waals surface area (Å²) in [6.07, 6.45) is 2.24. The summed E-state index contributed by atoms with van der Waals surface area (Å²) in [5.74, 6) is 3.48. The van der Waals surface area contributed by atoms with Crippen LogP contribution in [-0.2, 0) is 6.42 Å². The van der Waals surface area contributed by atoms with Crippen LogP contribution in [0.2, 0.25) is 0 Å². The van der Waals surface area contributed by atoms with Crippen LogP contribution in [0.15, 0.2) is 42.5 Å². The molecule has 0 amide bonds. The van der Waals surface area contributed by atoms with Gasteiger partial charge in [-0.15, -0.1) is 0 Å². The van der Waals surface area contributed by atoms with Gasteiger partial charge in [0, 0.05) is 11.6 Å². The monoisotopic (exact) mass is 344 g/mol. The lowest BCUT2D eigenvalue weighted by molar-refractivity contribution is 0.103. The molecule has 0 heterocycles. The van der Waals surface area contributed by atoms with Gasteiger partial charge in [-0.1, -0.05) is 31.2 Å². The summed E-state index contributed by atoms with van der Waals surface area (Å²) in [5.41, 5.74) is 2.48. The van der Waals surface area contributed by atoms with Crippen LogP contribution in [0.1, 0.15) is 34.8 Å². The maximum atomic E-state index is 12.7. The predicted molar refractivity (Wildman–Crippen MR) is 101 cm³/mol. The summed E-state index contributed by atoms with van der Waals surface area (Å²) in [4.78, 5) is 12.7. The van der Waals surface area contributed by atoms with Crippen molar-refractivity contribution in [1.82, 2.24) is 0 Å². The fourth-order valence-electron chi connectivity index (χ4n) is 2.40. The molecule has 0 fully saturated rings. The number of ether oxygens (including phenoxy) is 2. The molecule has 0 bridgehead atoms. The number of carbonyl (C=O) groups is 1. The number of aryl methyl sites for hydroxylation is 1. The van der Waals surface area contributed by atoms with Gasteiger partial charge in [-0.3, -0.25) is 4.79 Å². The Hall–Kier alpha value is -1.94. The summed E-state index contributed by atoms with van der Waals surface area (Å²) in [6, 6.07) is 13.1. The van der Waals surface area contributed by atoms with Crippen molar-refractivity contribution in [1.29, 1.82) is 0 Å². The summed E-state index contributed by atoms with van der Waals surface area (Å²) >= 11 is 1.97. The molecule has 24 heavy (non-hydrogen) atoms. The third-order valence-electron chi connectivity index (χ3n) is 3.75. The molecule has 0 aliphatic carbocycles. The Balaban J connectivity index is 2.10. The lowest BCUT2D eigenvalue weighted by atomic mass is 10.0. The highest BCUT2D eigenvalue weighted by Gasteiger charge is 2.15. The van der Waals surface area contributed by atoms with Crippen molar-refractivity contribution in [3.63, 3.8) is 0 Å². The van der Waals surface area contributed by atoms with E-state index in [4.69, 9.17) is 9.47 Å². The van der Waals surface area contributed by atoms with Crippen LogP contribution in [-0.4, -0.2) is 31.5 Å². The Bertz CT molecular complexity index is 665. The van der Waals surface area contributed by atoms with Gasteiger partial charge in [0.25, 0.3) is 0 Å². The first-order valence-corrected chi connectivity index (χ1v) is 9.28. The fourth-order valence-corrected chi connectivity index (χ4v) is 3.27. The number of thioether (sulfide) groups is 1. The molecule has 4 heteroatoms. The lowest BCUT2D eigenvalue weighted by Gasteiger charge is -2.10. The smallest absolute Gasteiger partial charge is 0.196 e. The first kappa shape index (κ1) is 18.4. The van der Waals surface area contributed by atoms with Gasteiger partial charge < -0.3 is 9.47 Å². The highest BCUT2D eigenvalue weighted by Crippen LogP contribution is 2.26. The SMILES string of the molecule is CCCSCCc1ccc(C(=O)c2ccc(OC)cc2OC)cc1. The number of methoxy groups -OCH3 is 2. The molecule has 0 radical (unpaired) electrons. The van der Waals surface area contributed by atoms with Gasteiger partial charge >= 0.3 is 0 Å². The standard InChI is InChI=1S/C20H24O3S/c1-4-12-24-13-11-15-5-7-16(8-6-15)20(21)18-10-9-17(22-2)14-19(18)23-3/h5-10,14H,4,11-13H2,1-3H3. The van der Waals surface area contributed by atoms with E-state index in [0.717, 1.165) is 12.2 Å². The quantitative estimate of drug-likeness (QED) is 0.491. The van der Waals surface area contributed by atoms with Crippen LogP contribution in [0, 0.1) is 0 Å². The van der Waals surface area contributed by atoms with Crippen molar-refractivity contribution in [2.45, 2.75) is 19.8 Å². The van der Waals surface area contributed by atoms with Crippen molar-refractivity contribution in [2.24, 2.45) is 0 Å². The molecule has 0 aromatic heterocycles. The first-order valence-electron chi connectivity index (χ1n) is 8.13. The average Bonchev–Trinajstić information content (AvgIpc) is 2.64. The van der Waals surface area contributed by atoms with Crippen molar-refractivity contribution in [3.8, 4) is 11.5 Å². The summed E-state index contributed by atoms with van der Waals surface area (Å²) < 4.78 is 10.5. The van der Waals surface area contributed by atoms with Gasteiger partial charge in [-0.25, -0.2) is 0 Å². The topological polar surface area (TPSA) is 35.5 Å². The van der Waals surface area contributed by atoms with Crippen LogP contribution >= 0.6 is 11.8 Å². The molecule has 2 aromatic rings. The second-order valence-corrected chi connectivity index (χ2v) is 6.68. The Kier molecular flexibility index (Phi) is 7.19. The minimum absolute atomic E-state index is 0.0404. The number of carbonyl (C=O) groups excluding carboxylic acids is 1. The highest BCUT2D eigenvalue weighted by molar-refractivity contribution is 7.99. The number of hydrogen-bond acceptors (Lipinski definition) is 4. The van der Waals surface area contributed by atoms with E-state index in [0.29, 0.717) is 22.6 Å². The van der Waals surface area contributed by atoms with E-state index < -0.39 is 0 Å². The molecule has 0 spiro atoms. The lowest BCUT2D eigenvalue weighted by Crippen LogP contribution is -2.04. The van der Waals surface area contributed by atoms with Crippen molar-refractivity contribution < 1.29 is 14.3 Å². The Morgan fingerprint density at radius 2 is 1.75 bits per heavy atom. The number of ketones is 1. The third-order valence-corrected chi connectivity index (χ3v) is 4.94. The van der Waals surface area contributed by atoms with Crippen LogP contribution in [0.25, 0.3) is 0 Å². The first-order chi connectivity index (χ1) is 11.7. The predicted octanol–water partition coefficient (Wildman–Crippen LogP) is 4.62. The van der Waals surface area contributed by atoms with Crippen LogP contribution in [0.4, 0.5) is 0 Å². The molecule has 0 N–H and O–H groups in total. The molecule has 0 saturated heterocycles. The van der Waals surface area contributed by atoms with E-state index in [1.165, 1.54) is 17.7 Å². The number of rotatable bonds is 9. The summed E-state index contributed by atoms with van der Waals surface area (Å²) in [5, 5.41) is 0. The molecule has 0 saturated carbocycles. The zero-order valence-electron chi connectivity index (χ0n) is 14.5. The maximum absolute atomic E-state index is 12.7. The zero-order chi connectivity index (χ0) is 17.4. The van der Waals surface area contributed by atoms with Gasteiger partial charge in [0.05, 0.1) is 19.8 Å². The molecular formula is C20H24O3S. The molecule has 0 aliphatic heterocycles. The van der Waals surface area contributed by atoms with Gasteiger partial charge in [0.1, 0.15) is 11.5 Å². The van der Waals surface area contributed by atoms with E-state index in [1.807, 2.05) is 36.0 Å². The molecule has 2 aromatic carbocycles. The minimum atomic E-state index is -0.0404. The van der Waals surface area contributed by atoms with Crippen molar-refractivity contribution >= 4 is 17.5 Å². The van der Waals surface area contributed by atoms with Gasteiger partial charge in [-0.2, -0.15) is 11.8 Å².